The predicted octanol–water partition coefficient (Wildman–Crippen LogP) is 2.20. The normalized spacial score (nSPS) is 22.9. The van der Waals surface area contributed by atoms with Gasteiger partial charge in [-0.1, -0.05) is 13.8 Å². The number of piperidine rings is 1. The fourth-order valence-corrected chi connectivity index (χ4v) is 3.61. The van der Waals surface area contributed by atoms with E-state index in [2.05, 4.69) is 4.98 Å². The second kappa shape index (κ2) is 5.91. The number of carbonyl (C=O) groups excluding carboxylic acids is 1. The summed E-state index contributed by atoms with van der Waals surface area (Å²) in [5.74, 6) is -1.13. The molecule has 110 valence electrons. The Morgan fingerprint density at radius 2 is 2.15 bits per heavy atom. The molecule has 1 aromatic heterocycles. The maximum absolute atomic E-state index is 12.6. The summed E-state index contributed by atoms with van der Waals surface area (Å²) in [5.41, 5.74) is 0.752. The highest BCUT2D eigenvalue weighted by molar-refractivity contribution is 7.13. The molecule has 2 atom stereocenters. The van der Waals surface area contributed by atoms with Crippen molar-refractivity contribution in [1.82, 2.24) is 9.88 Å². The molecular formula is C14H20N2O3S. The number of nitrogens with zero attached hydrogens (tertiary/aromatic N) is 2. The van der Waals surface area contributed by atoms with Crippen molar-refractivity contribution in [1.29, 1.82) is 0 Å². The van der Waals surface area contributed by atoms with E-state index >= 15 is 0 Å². The third-order valence-corrected chi connectivity index (χ3v) is 4.92. The summed E-state index contributed by atoms with van der Waals surface area (Å²) >= 11 is 1.42. The lowest BCUT2D eigenvalue weighted by Crippen LogP contribution is -2.45. The van der Waals surface area contributed by atoms with Gasteiger partial charge in [0.2, 0.25) is 0 Å². The standard InChI is InChI=1S/C14H20N2O3S/c1-4-11-15-9(3)12(20-11)13(17)16-6-8(2)5-10(7-16)14(18)19/h8,10H,4-7H2,1-3H3,(H,18,19). The summed E-state index contributed by atoms with van der Waals surface area (Å²) < 4.78 is 0. The van der Waals surface area contributed by atoms with Gasteiger partial charge in [-0.15, -0.1) is 11.3 Å². The number of thiazole rings is 1. The molecule has 1 N–H and O–H groups in total. The average molecular weight is 296 g/mol. The van der Waals surface area contributed by atoms with Crippen LogP contribution in [0.2, 0.25) is 0 Å². The molecule has 0 saturated carbocycles. The van der Waals surface area contributed by atoms with Crippen LogP contribution in [0, 0.1) is 18.8 Å². The number of amides is 1. The number of aromatic nitrogens is 1. The Bertz CT molecular complexity index is 526. The molecule has 1 aromatic rings. The summed E-state index contributed by atoms with van der Waals surface area (Å²) in [7, 11) is 0. The molecule has 5 nitrogen and oxygen atoms in total. The Kier molecular flexibility index (Phi) is 4.42. The number of aryl methyl sites for hydroxylation is 2. The molecule has 0 bridgehead atoms. The van der Waals surface area contributed by atoms with Gasteiger partial charge in [0.1, 0.15) is 4.88 Å². The average Bonchev–Trinajstić information content (AvgIpc) is 2.78. The van der Waals surface area contributed by atoms with Gasteiger partial charge >= 0.3 is 5.97 Å². The van der Waals surface area contributed by atoms with Crippen molar-refractivity contribution in [2.24, 2.45) is 11.8 Å². The van der Waals surface area contributed by atoms with Crippen LogP contribution >= 0.6 is 11.3 Å². The van der Waals surface area contributed by atoms with Gasteiger partial charge < -0.3 is 10.0 Å². The summed E-state index contributed by atoms with van der Waals surface area (Å²) in [6, 6.07) is 0. The van der Waals surface area contributed by atoms with Crippen molar-refractivity contribution < 1.29 is 14.7 Å². The second-order valence-electron chi connectivity index (χ2n) is 5.46. The van der Waals surface area contributed by atoms with Gasteiger partial charge in [0, 0.05) is 13.1 Å². The van der Waals surface area contributed by atoms with E-state index in [1.54, 1.807) is 4.90 Å². The van der Waals surface area contributed by atoms with Gasteiger partial charge in [-0.3, -0.25) is 9.59 Å². The topological polar surface area (TPSA) is 70.5 Å². The highest BCUT2D eigenvalue weighted by atomic mass is 32.1. The van der Waals surface area contributed by atoms with E-state index in [1.807, 2.05) is 20.8 Å². The highest BCUT2D eigenvalue weighted by Gasteiger charge is 2.33. The van der Waals surface area contributed by atoms with E-state index < -0.39 is 11.9 Å². The smallest absolute Gasteiger partial charge is 0.308 e. The van der Waals surface area contributed by atoms with Crippen LogP contribution in [0.4, 0.5) is 0 Å². The SMILES string of the molecule is CCc1nc(C)c(C(=O)N2CC(C)CC(C(=O)O)C2)s1. The number of carboxylic acids is 1. The first-order valence-corrected chi connectivity index (χ1v) is 7.72. The van der Waals surface area contributed by atoms with Crippen LogP contribution in [0.3, 0.4) is 0 Å². The maximum Gasteiger partial charge on any atom is 0.308 e. The molecule has 2 rings (SSSR count). The summed E-state index contributed by atoms with van der Waals surface area (Å²) in [6.45, 7) is 6.77. The number of carbonyl (C=O) groups is 2. The lowest BCUT2D eigenvalue weighted by molar-refractivity contribution is -0.143. The number of hydrogen-bond acceptors (Lipinski definition) is 4. The van der Waals surface area contributed by atoms with E-state index in [4.69, 9.17) is 0 Å². The molecule has 0 radical (unpaired) electrons. The molecule has 0 spiro atoms. The number of aliphatic carboxylic acids is 1. The molecule has 1 aliphatic heterocycles. The zero-order chi connectivity index (χ0) is 14.9. The van der Waals surface area contributed by atoms with Gasteiger partial charge in [-0.05, 0) is 25.7 Å². The molecule has 1 fully saturated rings. The molecule has 1 saturated heterocycles. The fraction of sp³-hybridized carbons (Fsp3) is 0.643. The van der Waals surface area contributed by atoms with Gasteiger partial charge in [-0.25, -0.2) is 4.98 Å². The Hall–Kier alpha value is -1.43. The number of likely N-dealkylation sites (tertiary alicyclic amines) is 1. The van der Waals surface area contributed by atoms with Crippen LogP contribution in [-0.4, -0.2) is 40.0 Å². The van der Waals surface area contributed by atoms with Crippen molar-refractivity contribution in [3.05, 3.63) is 15.6 Å². The zero-order valence-corrected chi connectivity index (χ0v) is 12.9. The second-order valence-corrected chi connectivity index (χ2v) is 6.55. The molecule has 1 aliphatic rings. The first-order chi connectivity index (χ1) is 9.42. The molecule has 2 heterocycles. The Morgan fingerprint density at radius 1 is 1.45 bits per heavy atom. The third-order valence-electron chi connectivity index (χ3n) is 3.63. The van der Waals surface area contributed by atoms with Gasteiger partial charge in [-0.2, -0.15) is 0 Å². The first-order valence-electron chi connectivity index (χ1n) is 6.90. The van der Waals surface area contributed by atoms with Crippen molar-refractivity contribution >= 4 is 23.2 Å². The molecule has 1 amide bonds. The first kappa shape index (κ1) is 15.0. The van der Waals surface area contributed by atoms with Crippen LogP contribution in [0.5, 0.6) is 0 Å². The van der Waals surface area contributed by atoms with Crippen LogP contribution in [0.15, 0.2) is 0 Å². The molecule has 0 aliphatic carbocycles. The Morgan fingerprint density at radius 3 is 2.70 bits per heavy atom. The molecule has 0 aromatic carbocycles. The van der Waals surface area contributed by atoms with Crippen molar-refractivity contribution in [3.8, 4) is 0 Å². The Labute approximate surface area is 122 Å². The molecule has 2 unspecified atom stereocenters. The predicted molar refractivity (Wildman–Crippen MR) is 77.0 cm³/mol. The van der Waals surface area contributed by atoms with Crippen LogP contribution in [0.25, 0.3) is 0 Å². The van der Waals surface area contributed by atoms with Crippen LogP contribution < -0.4 is 0 Å². The third kappa shape index (κ3) is 3.00. The lowest BCUT2D eigenvalue weighted by atomic mass is 9.90. The van der Waals surface area contributed by atoms with E-state index in [0.717, 1.165) is 17.1 Å². The number of rotatable bonds is 3. The minimum atomic E-state index is -0.815. The lowest BCUT2D eigenvalue weighted by Gasteiger charge is -2.34. The highest BCUT2D eigenvalue weighted by Crippen LogP contribution is 2.26. The van der Waals surface area contributed by atoms with Crippen LogP contribution in [0.1, 0.15) is 40.6 Å². The summed E-state index contributed by atoms with van der Waals surface area (Å²) in [4.78, 5) is 30.4. The van der Waals surface area contributed by atoms with Gasteiger partial charge in [0.05, 0.1) is 16.6 Å². The fourth-order valence-electron chi connectivity index (χ4n) is 2.64. The maximum atomic E-state index is 12.6. The van der Waals surface area contributed by atoms with E-state index in [-0.39, 0.29) is 11.8 Å². The quantitative estimate of drug-likeness (QED) is 0.928. The number of hydrogen-bond donors (Lipinski definition) is 1. The largest absolute Gasteiger partial charge is 0.481 e. The molecule has 20 heavy (non-hydrogen) atoms. The van der Waals surface area contributed by atoms with E-state index in [0.29, 0.717) is 24.4 Å². The number of carboxylic acid groups (broad SMARTS) is 1. The van der Waals surface area contributed by atoms with Gasteiger partial charge in [0.15, 0.2) is 0 Å². The van der Waals surface area contributed by atoms with Gasteiger partial charge in [0.25, 0.3) is 5.91 Å². The van der Waals surface area contributed by atoms with Crippen LogP contribution in [-0.2, 0) is 11.2 Å². The Balaban J connectivity index is 2.19. The summed E-state index contributed by atoms with van der Waals surface area (Å²) in [5, 5.41) is 10.1. The summed E-state index contributed by atoms with van der Waals surface area (Å²) in [6.07, 6.45) is 1.45. The minimum Gasteiger partial charge on any atom is -0.481 e. The van der Waals surface area contributed by atoms with E-state index in [9.17, 15) is 14.7 Å². The van der Waals surface area contributed by atoms with E-state index in [1.165, 1.54) is 11.3 Å². The van der Waals surface area contributed by atoms with Crippen molar-refractivity contribution in [2.45, 2.75) is 33.6 Å². The monoisotopic (exact) mass is 296 g/mol. The van der Waals surface area contributed by atoms with Crippen molar-refractivity contribution in [2.75, 3.05) is 13.1 Å². The minimum absolute atomic E-state index is 0.0718. The molecular weight excluding hydrogens is 276 g/mol. The molecule has 6 heteroatoms. The zero-order valence-electron chi connectivity index (χ0n) is 12.0. The van der Waals surface area contributed by atoms with Crippen molar-refractivity contribution in [3.63, 3.8) is 0 Å².